The van der Waals surface area contributed by atoms with Gasteiger partial charge >= 0.3 is 18.0 Å². The van der Waals surface area contributed by atoms with Crippen LogP contribution < -0.4 is 5.73 Å². The lowest BCUT2D eigenvalue weighted by Crippen LogP contribution is -2.61. The molecule has 14 atom stereocenters. The zero-order valence-corrected chi connectivity index (χ0v) is 41.0. The molecule has 0 saturated carbocycles. The number of likely N-dealkylation sites (N-methyl/N-ethyl adjacent to an activating group) is 1. The van der Waals surface area contributed by atoms with Crippen LogP contribution in [0.1, 0.15) is 97.9 Å². The first-order chi connectivity index (χ1) is 31.7. The number of carbonyl (C=O) groups excluding carboxylic acids is 4. The third-order valence-corrected chi connectivity index (χ3v) is 14.4. The number of Topliss-reactive ketones (excluding diaryl/α,β-unsaturated/α-hetero) is 1. The number of ketones is 1. The van der Waals surface area contributed by atoms with E-state index < -0.39 is 89.7 Å². The lowest BCUT2D eigenvalue weighted by atomic mass is 9.73. The molecule has 0 spiro atoms. The van der Waals surface area contributed by atoms with Crippen molar-refractivity contribution in [1.82, 2.24) is 24.8 Å². The van der Waals surface area contributed by atoms with Crippen molar-refractivity contribution in [3.8, 4) is 11.3 Å². The number of nitrogen functional groups attached to an aromatic ring is 1. The Hall–Kier alpha value is -4.94. The lowest BCUT2D eigenvalue weighted by molar-refractivity contribution is -0.300. The molecule has 6 rings (SSSR count). The number of methoxy groups -OCH3 is 1. The van der Waals surface area contributed by atoms with Gasteiger partial charge < -0.3 is 49.1 Å². The number of unbranched alkanes of at least 4 members (excludes halogenated alkanes) is 1. The van der Waals surface area contributed by atoms with Crippen molar-refractivity contribution in [2.24, 2.45) is 23.7 Å². The number of aromatic nitrogens is 3. The van der Waals surface area contributed by atoms with Gasteiger partial charge in [0.1, 0.15) is 17.6 Å². The van der Waals surface area contributed by atoms with Crippen LogP contribution in [0.4, 0.5) is 10.5 Å². The van der Waals surface area contributed by atoms with E-state index in [2.05, 4.69) is 10.3 Å². The maximum atomic E-state index is 15.0. The summed E-state index contributed by atoms with van der Waals surface area (Å²) < 4.78 is 40.2. The van der Waals surface area contributed by atoms with Crippen LogP contribution in [-0.4, -0.2) is 142 Å². The number of rotatable bonds is 13. The number of carbonyl (C=O) groups is 4. The summed E-state index contributed by atoms with van der Waals surface area (Å²) in [7, 11) is 5.31. The molecule has 0 bridgehead atoms. The van der Waals surface area contributed by atoms with Crippen molar-refractivity contribution >= 4 is 29.5 Å². The van der Waals surface area contributed by atoms with Gasteiger partial charge in [0.2, 0.25) is 0 Å². The summed E-state index contributed by atoms with van der Waals surface area (Å²) >= 11 is 0. The fraction of sp³-hybridized carbons (Fsp3) is 0.640. The number of benzene rings is 2. The number of ether oxygens (including phenoxy) is 6. The van der Waals surface area contributed by atoms with Crippen molar-refractivity contribution in [3.63, 3.8) is 0 Å². The van der Waals surface area contributed by atoms with Crippen LogP contribution in [0, 0.1) is 23.7 Å². The van der Waals surface area contributed by atoms with Gasteiger partial charge in [0.05, 0.1) is 53.7 Å². The first-order valence-corrected chi connectivity index (χ1v) is 23.7. The molecule has 1 amide bonds. The van der Waals surface area contributed by atoms with E-state index >= 15 is 0 Å². The molecule has 4 heterocycles. The van der Waals surface area contributed by atoms with Crippen molar-refractivity contribution in [2.45, 2.75) is 154 Å². The number of hydrogen-bond acceptors (Lipinski definition) is 15. The summed E-state index contributed by atoms with van der Waals surface area (Å²) in [4.78, 5) is 60.5. The Morgan fingerprint density at radius 2 is 1.69 bits per heavy atom. The Morgan fingerprint density at radius 1 is 0.985 bits per heavy atom. The highest BCUT2D eigenvalue weighted by Crippen LogP contribution is 2.44. The molecule has 1 aromatic heterocycles. The van der Waals surface area contributed by atoms with Crippen LogP contribution >= 0.6 is 0 Å². The molecule has 2 aromatic carbocycles. The second-order valence-corrected chi connectivity index (χ2v) is 19.5. The summed E-state index contributed by atoms with van der Waals surface area (Å²) in [6.45, 7) is 15.0. The summed E-state index contributed by atoms with van der Waals surface area (Å²) in [5.74, 6) is -4.81. The molecular weight excluding hydrogens is 861 g/mol. The highest BCUT2D eigenvalue weighted by molar-refractivity contribution is 5.89. The molecule has 3 aliphatic heterocycles. The van der Waals surface area contributed by atoms with E-state index in [1.807, 2.05) is 77.2 Å². The van der Waals surface area contributed by atoms with Gasteiger partial charge in [-0.1, -0.05) is 63.2 Å². The third kappa shape index (κ3) is 11.2. The molecule has 3 aliphatic rings. The van der Waals surface area contributed by atoms with Gasteiger partial charge in [0, 0.05) is 49.2 Å². The highest BCUT2D eigenvalue weighted by Gasteiger charge is 2.60. The van der Waals surface area contributed by atoms with E-state index in [-0.39, 0.29) is 37.3 Å². The van der Waals surface area contributed by atoms with E-state index in [0.717, 1.165) is 5.56 Å². The van der Waals surface area contributed by atoms with Gasteiger partial charge in [-0.2, -0.15) is 0 Å². The normalized spacial score (nSPS) is 34.3. The predicted molar refractivity (Wildman–Crippen MR) is 249 cm³/mol. The van der Waals surface area contributed by atoms with Crippen LogP contribution in [0.25, 0.3) is 11.3 Å². The van der Waals surface area contributed by atoms with Gasteiger partial charge in [0.25, 0.3) is 0 Å². The molecule has 0 aliphatic carbocycles. The number of amides is 1. The SMILES string of the molecule is CC[C@H]1OC(=O)[C@H](C)[C@@H](O)[C@H](C)[C@@H](O[C@@H]2O[C@H](C)C[C@H](N(C)C)[C@H]2OC(=O)c2ccccc2)[C@](C)(OC)C[C@@H](C)C(=O)[C@H](C)[C@H]2N(CCCCn3cc(-c4cccc(N)c4)nn3)C(=O)O[C@]12C. The number of nitrogens with two attached hydrogens (primary N) is 1. The van der Waals surface area contributed by atoms with Crippen LogP contribution in [0.2, 0.25) is 0 Å². The monoisotopic (exact) mass is 933 g/mol. The minimum atomic E-state index is -1.42. The summed E-state index contributed by atoms with van der Waals surface area (Å²) in [6, 6.07) is 14.9. The number of aliphatic hydroxyl groups is 1. The second-order valence-electron chi connectivity index (χ2n) is 19.5. The van der Waals surface area contributed by atoms with Crippen molar-refractivity contribution in [2.75, 3.05) is 33.5 Å². The first kappa shape index (κ1) is 51.5. The lowest BCUT2D eigenvalue weighted by Gasteiger charge is -2.48. The van der Waals surface area contributed by atoms with Crippen LogP contribution in [0.3, 0.4) is 0 Å². The molecule has 0 unspecified atom stereocenters. The molecule has 3 N–H and O–H groups in total. The fourth-order valence-electron chi connectivity index (χ4n) is 10.5. The molecular formula is C50H72N6O11. The maximum absolute atomic E-state index is 15.0. The van der Waals surface area contributed by atoms with Crippen LogP contribution in [0.15, 0.2) is 60.8 Å². The second kappa shape index (κ2) is 21.6. The van der Waals surface area contributed by atoms with Gasteiger partial charge in [0.15, 0.2) is 18.0 Å². The number of nitrogens with zero attached hydrogens (tertiary/aromatic N) is 5. The smallest absolute Gasteiger partial charge is 0.410 e. The number of aliphatic hydroxyl groups excluding tert-OH is 1. The molecule has 17 heteroatoms. The number of hydrogen-bond donors (Lipinski definition) is 2. The summed E-state index contributed by atoms with van der Waals surface area (Å²) in [5, 5.41) is 20.8. The van der Waals surface area contributed by atoms with Crippen LogP contribution in [-0.2, 0) is 44.6 Å². The van der Waals surface area contributed by atoms with Gasteiger partial charge in [-0.25, -0.2) is 9.59 Å². The molecule has 3 aromatic rings. The Labute approximate surface area is 394 Å². The van der Waals surface area contributed by atoms with E-state index in [9.17, 15) is 24.3 Å². The first-order valence-electron chi connectivity index (χ1n) is 23.7. The number of aryl methyl sites for hydroxylation is 1. The molecule has 17 nitrogen and oxygen atoms in total. The van der Waals surface area contributed by atoms with E-state index in [0.29, 0.717) is 42.8 Å². The van der Waals surface area contributed by atoms with Gasteiger partial charge in [-0.3, -0.25) is 14.3 Å². The van der Waals surface area contributed by atoms with E-state index in [1.54, 1.807) is 67.6 Å². The zero-order valence-electron chi connectivity index (χ0n) is 41.0. The van der Waals surface area contributed by atoms with Crippen LogP contribution in [0.5, 0.6) is 0 Å². The molecule has 3 fully saturated rings. The van der Waals surface area contributed by atoms with Crippen molar-refractivity contribution in [1.29, 1.82) is 0 Å². The maximum Gasteiger partial charge on any atom is 0.410 e. The minimum Gasteiger partial charge on any atom is -0.458 e. The molecule has 67 heavy (non-hydrogen) atoms. The molecule has 3 saturated heterocycles. The standard InChI is InChI=1S/C50H72N6O11/c1-12-39-50(8)43(56(48(61)67-50)24-17-16-23-55-28-37(52-53-55)35-21-18-22-36(51)26-35)31(4)40(57)29(2)27-49(7,62-11)44(32(5)41(58)33(6)45(59)64-39)66-47-42(38(54(9)10)25-30(3)63-47)65-46(60)34-19-14-13-15-20-34/h13-15,18-22,26,28-33,38-39,41-44,47,58H,12,16-17,23-25,27,51H2,1-11H3/t29-,30-,31+,32+,33-,38+,39-,41+,42-,43-,44-,47+,49-,50-/m1/s1. The number of anilines is 1. The Bertz CT molecular complexity index is 2170. The third-order valence-electron chi connectivity index (χ3n) is 14.4. The number of cyclic esters (lactones) is 1. The topological polar surface area (TPSA) is 207 Å². The average Bonchev–Trinajstić information content (AvgIpc) is 3.88. The highest BCUT2D eigenvalue weighted by atomic mass is 16.7. The summed E-state index contributed by atoms with van der Waals surface area (Å²) in [6.07, 6.45) is -2.40. The Balaban J connectivity index is 1.29. The van der Waals surface area contributed by atoms with Crippen molar-refractivity contribution < 1.29 is 52.7 Å². The van der Waals surface area contributed by atoms with E-state index in [1.165, 1.54) is 7.11 Å². The quantitative estimate of drug-likeness (QED) is 0.0851. The van der Waals surface area contributed by atoms with Gasteiger partial charge in [-0.05, 0) is 98.2 Å². The minimum absolute atomic E-state index is 0.117. The summed E-state index contributed by atoms with van der Waals surface area (Å²) in [5.41, 5.74) is 5.79. The molecule has 368 valence electrons. The zero-order chi connectivity index (χ0) is 49.0. The Morgan fingerprint density at radius 3 is 2.34 bits per heavy atom. The van der Waals surface area contributed by atoms with Crippen molar-refractivity contribution in [3.05, 3.63) is 66.4 Å². The average molecular weight is 933 g/mol. The van der Waals surface area contributed by atoms with Gasteiger partial charge in [-0.15, -0.1) is 5.10 Å². The number of esters is 2. The number of fused-ring (bicyclic) bond motifs is 1. The Kier molecular flexibility index (Phi) is 16.6. The largest absolute Gasteiger partial charge is 0.458 e. The molecule has 0 radical (unpaired) electrons. The van der Waals surface area contributed by atoms with E-state index in [4.69, 9.17) is 34.2 Å². The fourth-order valence-corrected chi connectivity index (χ4v) is 10.5. The predicted octanol–water partition coefficient (Wildman–Crippen LogP) is 6.17.